The number of hydrogen-bond donors (Lipinski definition) is 5. The summed E-state index contributed by atoms with van der Waals surface area (Å²) in [5.74, 6) is 0.508. The van der Waals surface area contributed by atoms with Crippen molar-refractivity contribution in [3.63, 3.8) is 0 Å². The summed E-state index contributed by atoms with van der Waals surface area (Å²) in [5.41, 5.74) is -0.662. The Morgan fingerprint density at radius 3 is 2.55 bits per heavy atom. The van der Waals surface area contributed by atoms with E-state index >= 15 is 0 Å². The minimum atomic E-state index is -1.32. The number of aliphatic hydroxyl groups excluding tert-OH is 3. The van der Waals surface area contributed by atoms with Crippen molar-refractivity contribution < 1.29 is 29.6 Å². The van der Waals surface area contributed by atoms with Crippen LogP contribution in [0.4, 0.5) is 0 Å². The van der Waals surface area contributed by atoms with Crippen molar-refractivity contribution in [2.24, 2.45) is 11.8 Å². The van der Waals surface area contributed by atoms with Gasteiger partial charge in [0.1, 0.15) is 29.9 Å². The maximum atomic E-state index is 13.0. The third-order valence-electron chi connectivity index (χ3n) is 6.16. The van der Waals surface area contributed by atoms with Crippen LogP contribution in [-0.2, 0) is 14.3 Å². The van der Waals surface area contributed by atoms with Gasteiger partial charge in [0.25, 0.3) is 0 Å². The van der Waals surface area contributed by atoms with Gasteiger partial charge in [-0.2, -0.15) is 0 Å². The Morgan fingerprint density at radius 1 is 1.21 bits per heavy atom. The fraction of sp³-hybridized carbons (Fsp3) is 0.950. The molecule has 3 fully saturated rings. The van der Waals surface area contributed by atoms with Crippen LogP contribution in [0.1, 0.15) is 39.5 Å². The average molecular weight is 433 g/mol. The lowest BCUT2D eigenvalue weighted by Gasteiger charge is -2.44. The maximum Gasteiger partial charge on any atom is 0.237 e. The number of rotatable bonds is 8. The Balaban J connectivity index is 1.60. The first-order chi connectivity index (χ1) is 13.8. The van der Waals surface area contributed by atoms with Crippen LogP contribution in [0.5, 0.6) is 0 Å². The van der Waals surface area contributed by atoms with E-state index in [-0.39, 0.29) is 24.0 Å². The van der Waals surface area contributed by atoms with Gasteiger partial charge in [-0.3, -0.25) is 4.79 Å². The third kappa shape index (κ3) is 5.84. The molecule has 0 bridgehead atoms. The molecule has 2 saturated heterocycles. The Bertz CT molecular complexity index is 547. The van der Waals surface area contributed by atoms with Gasteiger partial charge in [0.2, 0.25) is 5.91 Å². The standard InChI is InChI=1S/C20H36N2O6S/c1-10(2)14(18-16(24)15(23)17(25)20(28-18)29-3)22-19(26)13-8-12(6-7-21-13)27-9-11-4-5-11/h10-18,20-21,23-25H,4-9H2,1-3H3,(H,22,26). The molecule has 3 rings (SSSR count). The number of thioether (sulfide) groups is 1. The molecular weight excluding hydrogens is 396 g/mol. The van der Waals surface area contributed by atoms with E-state index in [1.54, 1.807) is 6.26 Å². The molecule has 0 aromatic carbocycles. The van der Waals surface area contributed by atoms with Crippen molar-refractivity contribution in [3.05, 3.63) is 0 Å². The molecule has 8 atom stereocenters. The van der Waals surface area contributed by atoms with E-state index in [1.165, 1.54) is 24.6 Å². The lowest BCUT2D eigenvalue weighted by Crippen LogP contribution is -2.65. The van der Waals surface area contributed by atoms with Crippen LogP contribution in [0, 0.1) is 11.8 Å². The molecule has 2 aliphatic heterocycles. The average Bonchev–Trinajstić information content (AvgIpc) is 3.54. The first-order valence-electron chi connectivity index (χ1n) is 10.7. The number of nitrogens with one attached hydrogen (secondary N) is 2. The molecule has 168 valence electrons. The second kappa shape index (κ2) is 10.3. The van der Waals surface area contributed by atoms with Crippen molar-refractivity contribution in [3.8, 4) is 0 Å². The predicted molar refractivity (Wildman–Crippen MR) is 110 cm³/mol. The molecule has 1 amide bonds. The summed E-state index contributed by atoms with van der Waals surface area (Å²) in [6, 6.07) is -0.856. The minimum absolute atomic E-state index is 0.0333. The Labute approximate surface area is 177 Å². The number of carbonyl (C=O) groups excluding carboxylic acids is 1. The van der Waals surface area contributed by atoms with Crippen molar-refractivity contribution in [1.29, 1.82) is 0 Å². The van der Waals surface area contributed by atoms with Crippen molar-refractivity contribution >= 4 is 17.7 Å². The van der Waals surface area contributed by atoms with E-state index in [0.717, 1.165) is 19.6 Å². The van der Waals surface area contributed by atoms with Crippen LogP contribution >= 0.6 is 11.8 Å². The van der Waals surface area contributed by atoms with Crippen LogP contribution in [-0.4, -0.2) is 88.7 Å². The van der Waals surface area contributed by atoms with Gasteiger partial charge in [-0.15, -0.1) is 11.8 Å². The molecule has 8 nitrogen and oxygen atoms in total. The van der Waals surface area contributed by atoms with E-state index in [4.69, 9.17) is 9.47 Å². The highest BCUT2D eigenvalue weighted by molar-refractivity contribution is 7.99. The second-order valence-electron chi connectivity index (χ2n) is 8.88. The molecule has 3 aliphatic rings. The molecular formula is C20H36N2O6S. The lowest BCUT2D eigenvalue weighted by molar-refractivity contribution is -0.208. The zero-order chi connectivity index (χ0) is 21.1. The van der Waals surface area contributed by atoms with Crippen LogP contribution in [0.25, 0.3) is 0 Å². The van der Waals surface area contributed by atoms with Crippen LogP contribution < -0.4 is 10.6 Å². The topological polar surface area (TPSA) is 120 Å². The highest BCUT2D eigenvalue weighted by Gasteiger charge is 2.47. The van der Waals surface area contributed by atoms with Gasteiger partial charge in [0.15, 0.2) is 0 Å². The fourth-order valence-electron chi connectivity index (χ4n) is 4.05. The summed E-state index contributed by atoms with van der Waals surface area (Å²) in [6.07, 6.45) is 1.27. The van der Waals surface area contributed by atoms with Gasteiger partial charge in [-0.1, -0.05) is 13.8 Å². The van der Waals surface area contributed by atoms with Crippen LogP contribution in [0.2, 0.25) is 0 Å². The lowest BCUT2D eigenvalue weighted by atomic mass is 9.88. The quantitative estimate of drug-likeness (QED) is 0.359. The highest BCUT2D eigenvalue weighted by atomic mass is 32.2. The van der Waals surface area contributed by atoms with Crippen LogP contribution in [0.15, 0.2) is 0 Å². The third-order valence-corrected chi connectivity index (χ3v) is 7.01. The fourth-order valence-corrected chi connectivity index (χ4v) is 4.73. The summed E-state index contributed by atoms with van der Waals surface area (Å²) in [5, 5.41) is 37.1. The summed E-state index contributed by atoms with van der Waals surface area (Å²) in [4.78, 5) is 13.0. The molecule has 0 radical (unpaired) electrons. The van der Waals surface area contributed by atoms with E-state index in [9.17, 15) is 20.1 Å². The number of amides is 1. The molecule has 0 aromatic heterocycles. The summed E-state index contributed by atoms with van der Waals surface area (Å²) >= 11 is 1.27. The van der Waals surface area contributed by atoms with Crippen molar-refractivity contribution in [2.45, 2.75) is 87.6 Å². The molecule has 0 aromatic rings. The monoisotopic (exact) mass is 432 g/mol. The molecule has 1 aliphatic carbocycles. The second-order valence-corrected chi connectivity index (χ2v) is 9.82. The Morgan fingerprint density at radius 2 is 1.93 bits per heavy atom. The molecule has 8 unspecified atom stereocenters. The summed E-state index contributed by atoms with van der Waals surface area (Å²) in [7, 11) is 0. The normalized spacial score (nSPS) is 39.3. The van der Waals surface area contributed by atoms with E-state index in [2.05, 4.69) is 10.6 Å². The summed E-state index contributed by atoms with van der Waals surface area (Å²) in [6.45, 7) is 5.37. The Kier molecular flexibility index (Phi) is 8.22. The first kappa shape index (κ1) is 23.2. The number of hydrogen-bond acceptors (Lipinski definition) is 8. The largest absolute Gasteiger partial charge is 0.388 e. The predicted octanol–water partition coefficient (Wildman–Crippen LogP) is -0.155. The highest BCUT2D eigenvalue weighted by Crippen LogP contribution is 2.31. The van der Waals surface area contributed by atoms with E-state index < -0.39 is 35.9 Å². The summed E-state index contributed by atoms with van der Waals surface area (Å²) < 4.78 is 11.9. The molecule has 9 heteroatoms. The first-order valence-corrected chi connectivity index (χ1v) is 12.0. The zero-order valence-electron chi connectivity index (χ0n) is 17.5. The zero-order valence-corrected chi connectivity index (χ0v) is 18.3. The van der Waals surface area contributed by atoms with Gasteiger partial charge in [0, 0.05) is 6.61 Å². The Hall–Kier alpha value is -0.420. The minimum Gasteiger partial charge on any atom is -0.388 e. The van der Waals surface area contributed by atoms with Gasteiger partial charge >= 0.3 is 0 Å². The van der Waals surface area contributed by atoms with Gasteiger partial charge in [0.05, 0.1) is 18.2 Å². The van der Waals surface area contributed by atoms with Gasteiger partial charge in [-0.25, -0.2) is 0 Å². The smallest absolute Gasteiger partial charge is 0.237 e. The van der Waals surface area contributed by atoms with Crippen molar-refractivity contribution in [1.82, 2.24) is 10.6 Å². The SMILES string of the molecule is CSC1OC(C(NC(=O)C2CC(OCC3CC3)CCN2)C(C)C)C(O)C(O)C1O. The number of piperidine rings is 1. The molecule has 29 heavy (non-hydrogen) atoms. The molecule has 2 heterocycles. The van der Waals surface area contributed by atoms with Crippen LogP contribution in [0.3, 0.4) is 0 Å². The van der Waals surface area contributed by atoms with Gasteiger partial charge in [-0.05, 0) is 50.3 Å². The van der Waals surface area contributed by atoms with E-state index in [0.29, 0.717) is 12.3 Å². The molecule has 1 saturated carbocycles. The maximum absolute atomic E-state index is 13.0. The molecule has 5 N–H and O–H groups in total. The van der Waals surface area contributed by atoms with Gasteiger partial charge < -0.3 is 35.4 Å². The number of carbonyl (C=O) groups is 1. The molecule has 0 spiro atoms. The number of aliphatic hydroxyl groups is 3. The van der Waals surface area contributed by atoms with Crippen molar-refractivity contribution in [2.75, 3.05) is 19.4 Å². The van der Waals surface area contributed by atoms with E-state index in [1.807, 2.05) is 13.8 Å². The number of ether oxygens (including phenoxy) is 2.